The van der Waals surface area contributed by atoms with Gasteiger partial charge in [-0.2, -0.15) is 0 Å². The monoisotopic (exact) mass is 299 g/mol. The van der Waals surface area contributed by atoms with E-state index in [0.29, 0.717) is 6.54 Å². The number of fused-ring (bicyclic) bond motifs is 1. The second kappa shape index (κ2) is 5.43. The molecule has 1 aromatic carbocycles. The third-order valence-electron chi connectivity index (χ3n) is 4.92. The van der Waals surface area contributed by atoms with Crippen LogP contribution in [-0.2, 0) is 6.54 Å². The molecule has 0 bridgehead atoms. The predicted molar refractivity (Wildman–Crippen MR) is 88.5 cm³/mol. The zero-order chi connectivity index (χ0) is 14.2. The molecule has 1 aliphatic carbocycles. The molecule has 110 valence electrons. The summed E-state index contributed by atoms with van der Waals surface area (Å²) >= 11 is 1.78. The number of nitrogens with zero attached hydrogens (tertiary/aromatic N) is 2. The number of hydrogen-bond donors (Lipinski definition) is 1. The summed E-state index contributed by atoms with van der Waals surface area (Å²) < 4.78 is 0. The smallest absolute Gasteiger partial charge is 0.186 e. The summed E-state index contributed by atoms with van der Waals surface area (Å²) in [7, 11) is 0. The zero-order valence-corrected chi connectivity index (χ0v) is 13.0. The first-order chi connectivity index (χ1) is 10.3. The largest absolute Gasteiger partial charge is 0.347 e. The molecule has 2 heterocycles. The lowest BCUT2D eigenvalue weighted by molar-refractivity contribution is 0.494. The molecule has 0 amide bonds. The molecule has 3 nitrogen and oxygen atoms in total. The third-order valence-corrected chi connectivity index (χ3v) is 6.05. The fourth-order valence-corrected chi connectivity index (χ4v) is 4.80. The van der Waals surface area contributed by atoms with Crippen molar-refractivity contribution in [2.75, 3.05) is 18.0 Å². The van der Waals surface area contributed by atoms with Crippen molar-refractivity contribution in [1.82, 2.24) is 4.98 Å². The molecule has 2 N–H and O–H groups in total. The van der Waals surface area contributed by atoms with E-state index >= 15 is 0 Å². The number of thiazole rings is 1. The Bertz CT molecular complexity index is 610. The van der Waals surface area contributed by atoms with Gasteiger partial charge in [0.1, 0.15) is 0 Å². The minimum Gasteiger partial charge on any atom is -0.347 e. The summed E-state index contributed by atoms with van der Waals surface area (Å²) in [4.78, 5) is 8.62. The number of anilines is 1. The first-order valence-electron chi connectivity index (χ1n) is 7.85. The van der Waals surface area contributed by atoms with Crippen LogP contribution in [0.15, 0.2) is 30.3 Å². The molecule has 0 radical (unpaired) electrons. The van der Waals surface area contributed by atoms with Gasteiger partial charge in [-0.3, -0.25) is 0 Å². The van der Waals surface area contributed by atoms with Gasteiger partial charge in [0.2, 0.25) is 0 Å². The van der Waals surface area contributed by atoms with E-state index in [1.807, 2.05) is 6.07 Å². The molecule has 2 aromatic rings. The van der Waals surface area contributed by atoms with E-state index in [2.05, 4.69) is 29.2 Å². The molecule has 0 spiro atoms. The average Bonchev–Trinajstić information content (AvgIpc) is 3.21. The van der Waals surface area contributed by atoms with E-state index in [4.69, 9.17) is 10.7 Å². The van der Waals surface area contributed by atoms with Gasteiger partial charge in [0, 0.05) is 30.1 Å². The molecule has 4 heteroatoms. The highest BCUT2D eigenvalue weighted by Gasteiger charge is 2.37. The molecular weight excluding hydrogens is 278 g/mol. The Morgan fingerprint density at radius 3 is 2.52 bits per heavy atom. The number of nitrogens with two attached hydrogens (primary N) is 1. The highest BCUT2D eigenvalue weighted by Crippen LogP contribution is 2.42. The van der Waals surface area contributed by atoms with E-state index in [1.165, 1.54) is 47.9 Å². The van der Waals surface area contributed by atoms with E-state index in [9.17, 15) is 0 Å². The summed E-state index contributed by atoms with van der Waals surface area (Å²) in [6.07, 6.45) is 4.23. The molecule has 1 aromatic heterocycles. The van der Waals surface area contributed by atoms with Crippen LogP contribution in [0.5, 0.6) is 0 Å². The molecule has 4 rings (SSSR count). The Labute approximate surface area is 129 Å². The lowest BCUT2D eigenvalue weighted by Gasteiger charge is -2.15. The molecule has 1 saturated carbocycles. The normalized spacial score (nSPS) is 24.5. The fourth-order valence-electron chi connectivity index (χ4n) is 3.83. The minimum absolute atomic E-state index is 0.572. The standard InChI is InChI=1S/C17H21N3S/c18-9-15-16(12-5-2-1-3-6-12)19-17(21-15)20-10-13-7-4-8-14(13)11-20/h1-3,5-6,13-14H,4,7-11,18H2. The minimum atomic E-state index is 0.572. The Morgan fingerprint density at radius 2 is 1.86 bits per heavy atom. The Balaban J connectivity index is 1.64. The maximum Gasteiger partial charge on any atom is 0.186 e. The molecule has 1 saturated heterocycles. The van der Waals surface area contributed by atoms with Crippen LogP contribution in [0.4, 0.5) is 5.13 Å². The van der Waals surface area contributed by atoms with Crippen molar-refractivity contribution in [1.29, 1.82) is 0 Å². The van der Waals surface area contributed by atoms with Gasteiger partial charge in [0.05, 0.1) is 5.69 Å². The van der Waals surface area contributed by atoms with Crippen LogP contribution in [0.3, 0.4) is 0 Å². The Kier molecular flexibility index (Phi) is 3.43. The maximum absolute atomic E-state index is 5.94. The van der Waals surface area contributed by atoms with Crippen molar-refractivity contribution in [2.45, 2.75) is 25.8 Å². The van der Waals surface area contributed by atoms with Gasteiger partial charge in [0.15, 0.2) is 5.13 Å². The van der Waals surface area contributed by atoms with Gasteiger partial charge in [-0.15, -0.1) is 0 Å². The molecule has 1 aliphatic heterocycles. The van der Waals surface area contributed by atoms with Crippen molar-refractivity contribution >= 4 is 16.5 Å². The highest BCUT2D eigenvalue weighted by atomic mass is 32.1. The summed E-state index contributed by atoms with van der Waals surface area (Å²) in [6.45, 7) is 2.95. The van der Waals surface area contributed by atoms with E-state index in [-0.39, 0.29) is 0 Å². The van der Waals surface area contributed by atoms with Gasteiger partial charge in [-0.05, 0) is 24.7 Å². The summed E-state index contributed by atoms with van der Waals surface area (Å²) in [5, 5.41) is 1.17. The quantitative estimate of drug-likeness (QED) is 0.943. The molecule has 2 fully saturated rings. The van der Waals surface area contributed by atoms with Gasteiger partial charge in [-0.1, -0.05) is 48.1 Å². The van der Waals surface area contributed by atoms with Crippen molar-refractivity contribution < 1.29 is 0 Å². The average molecular weight is 299 g/mol. The molecular formula is C17H21N3S. The highest BCUT2D eigenvalue weighted by molar-refractivity contribution is 7.16. The zero-order valence-electron chi connectivity index (χ0n) is 12.2. The maximum atomic E-state index is 5.94. The number of hydrogen-bond acceptors (Lipinski definition) is 4. The molecule has 2 atom stereocenters. The van der Waals surface area contributed by atoms with E-state index in [0.717, 1.165) is 17.5 Å². The van der Waals surface area contributed by atoms with Crippen molar-refractivity contribution in [3.63, 3.8) is 0 Å². The first kappa shape index (κ1) is 13.3. The molecule has 21 heavy (non-hydrogen) atoms. The lowest BCUT2D eigenvalue weighted by atomic mass is 10.0. The van der Waals surface area contributed by atoms with Crippen LogP contribution in [0.2, 0.25) is 0 Å². The van der Waals surface area contributed by atoms with Gasteiger partial charge in [-0.25, -0.2) is 4.98 Å². The SMILES string of the molecule is NCc1sc(N2CC3CCCC3C2)nc1-c1ccccc1. The summed E-state index contributed by atoms with van der Waals surface area (Å²) in [6, 6.07) is 10.4. The van der Waals surface area contributed by atoms with Gasteiger partial charge < -0.3 is 10.6 Å². The van der Waals surface area contributed by atoms with Gasteiger partial charge in [0.25, 0.3) is 0 Å². The second-order valence-electron chi connectivity index (χ2n) is 6.19. The summed E-state index contributed by atoms with van der Waals surface area (Å²) in [5.41, 5.74) is 8.20. The number of aromatic nitrogens is 1. The molecule has 2 aliphatic rings. The predicted octanol–water partition coefficient (Wildman–Crippen LogP) is 3.51. The fraction of sp³-hybridized carbons (Fsp3) is 0.471. The van der Waals surface area contributed by atoms with Crippen molar-refractivity contribution in [2.24, 2.45) is 17.6 Å². The van der Waals surface area contributed by atoms with Crippen molar-refractivity contribution in [3.05, 3.63) is 35.2 Å². The van der Waals surface area contributed by atoms with Crippen LogP contribution in [0.1, 0.15) is 24.1 Å². The first-order valence-corrected chi connectivity index (χ1v) is 8.67. The number of benzene rings is 1. The Morgan fingerprint density at radius 1 is 1.14 bits per heavy atom. The van der Waals surface area contributed by atoms with E-state index in [1.54, 1.807) is 11.3 Å². The van der Waals surface area contributed by atoms with Crippen LogP contribution in [0.25, 0.3) is 11.3 Å². The lowest BCUT2D eigenvalue weighted by Crippen LogP contribution is -2.20. The topological polar surface area (TPSA) is 42.1 Å². The number of rotatable bonds is 3. The molecule has 2 unspecified atom stereocenters. The summed E-state index contributed by atoms with van der Waals surface area (Å²) in [5.74, 6) is 1.80. The van der Waals surface area contributed by atoms with Crippen molar-refractivity contribution in [3.8, 4) is 11.3 Å². The third kappa shape index (κ3) is 2.36. The second-order valence-corrected chi connectivity index (χ2v) is 7.26. The van der Waals surface area contributed by atoms with Gasteiger partial charge >= 0.3 is 0 Å². The van der Waals surface area contributed by atoms with Crippen LogP contribution >= 0.6 is 11.3 Å². The van der Waals surface area contributed by atoms with Crippen LogP contribution < -0.4 is 10.6 Å². The van der Waals surface area contributed by atoms with Crippen LogP contribution in [-0.4, -0.2) is 18.1 Å². The Hall–Kier alpha value is -1.39. The van der Waals surface area contributed by atoms with E-state index < -0.39 is 0 Å². The van der Waals surface area contributed by atoms with Crippen LogP contribution in [0, 0.1) is 11.8 Å².